The number of benzene rings is 1. The summed E-state index contributed by atoms with van der Waals surface area (Å²) in [6, 6.07) is 5.53. The van der Waals surface area contributed by atoms with Crippen molar-refractivity contribution < 1.29 is 23.9 Å². The molecule has 2 N–H and O–H groups in total. The maximum Gasteiger partial charge on any atom is 0.328 e. The summed E-state index contributed by atoms with van der Waals surface area (Å²) in [7, 11) is 2.82. The van der Waals surface area contributed by atoms with Crippen molar-refractivity contribution in [1.82, 2.24) is 10.6 Å². The molecule has 0 radical (unpaired) electrons. The van der Waals surface area contributed by atoms with E-state index in [1.807, 2.05) is 0 Å². The zero-order valence-corrected chi connectivity index (χ0v) is 15.4. The predicted octanol–water partition coefficient (Wildman–Crippen LogP) is 0.795. The van der Waals surface area contributed by atoms with E-state index in [1.165, 1.54) is 14.0 Å². The molecule has 0 fully saturated rings. The number of carbonyl (C=O) groups is 3. The number of halogens is 1. The monoisotopic (exact) mass is 400 g/mol. The van der Waals surface area contributed by atoms with Gasteiger partial charge in [0.2, 0.25) is 11.8 Å². The van der Waals surface area contributed by atoms with Crippen molar-refractivity contribution >= 4 is 33.7 Å². The normalized spacial score (nSPS) is 12.7. The average Bonchev–Trinajstić information content (AvgIpc) is 2.60. The first-order valence-corrected chi connectivity index (χ1v) is 8.39. The van der Waals surface area contributed by atoms with Crippen molar-refractivity contribution in [3.05, 3.63) is 29.8 Å². The topological polar surface area (TPSA) is 93.7 Å². The quantitative estimate of drug-likeness (QED) is 0.497. The summed E-state index contributed by atoms with van der Waals surface area (Å²) in [4.78, 5) is 35.4. The number of rotatable bonds is 8. The van der Waals surface area contributed by atoms with Crippen molar-refractivity contribution in [2.75, 3.05) is 19.5 Å². The Morgan fingerprint density at radius 1 is 1.12 bits per heavy atom. The second-order valence-electron chi connectivity index (χ2n) is 5.06. The largest absolute Gasteiger partial charge is 0.497 e. The summed E-state index contributed by atoms with van der Waals surface area (Å²) >= 11 is 3.01. The first kappa shape index (κ1) is 20.0. The fourth-order valence-electron chi connectivity index (χ4n) is 1.98. The Morgan fingerprint density at radius 2 is 1.75 bits per heavy atom. The summed E-state index contributed by atoms with van der Waals surface area (Å²) in [5.74, 6) is -0.641. The highest BCUT2D eigenvalue weighted by Gasteiger charge is 2.25. The lowest BCUT2D eigenvalue weighted by molar-refractivity contribution is -0.145. The number of ether oxygens (including phenoxy) is 2. The van der Waals surface area contributed by atoms with Crippen molar-refractivity contribution in [2.45, 2.75) is 25.4 Å². The Balaban J connectivity index is 2.75. The van der Waals surface area contributed by atoms with Crippen molar-refractivity contribution in [2.24, 2.45) is 0 Å². The summed E-state index contributed by atoms with van der Waals surface area (Å²) < 4.78 is 9.82. The molecule has 24 heavy (non-hydrogen) atoms. The van der Waals surface area contributed by atoms with E-state index in [1.54, 1.807) is 31.4 Å². The zero-order valence-electron chi connectivity index (χ0n) is 13.8. The van der Waals surface area contributed by atoms with E-state index >= 15 is 0 Å². The zero-order chi connectivity index (χ0) is 18.1. The van der Waals surface area contributed by atoms with Gasteiger partial charge < -0.3 is 20.1 Å². The lowest BCUT2D eigenvalue weighted by atomic mass is 10.1. The average molecular weight is 401 g/mol. The van der Waals surface area contributed by atoms with Crippen LogP contribution in [0.25, 0.3) is 0 Å². The van der Waals surface area contributed by atoms with Crippen LogP contribution in [0.5, 0.6) is 5.75 Å². The van der Waals surface area contributed by atoms with E-state index in [9.17, 15) is 14.4 Å². The molecule has 8 heteroatoms. The SMILES string of the molecule is COC(=O)[C@H](Cc1ccc(OC)cc1)NC(=O)[C@H](C)NC(=O)CBr. The molecule has 0 saturated heterocycles. The van der Waals surface area contributed by atoms with Crippen LogP contribution in [0.4, 0.5) is 0 Å². The van der Waals surface area contributed by atoms with Gasteiger partial charge >= 0.3 is 5.97 Å². The molecule has 0 saturated carbocycles. The van der Waals surface area contributed by atoms with Crippen LogP contribution in [0.2, 0.25) is 0 Å². The van der Waals surface area contributed by atoms with Crippen LogP contribution in [0.3, 0.4) is 0 Å². The van der Waals surface area contributed by atoms with Gasteiger partial charge in [-0.15, -0.1) is 0 Å². The van der Waals surface area contributed by atoms with E-state index in [-0.39, 0.29) is 17.7 Å². The highest BCUT2D eigenvalue weighted by molar-refractivity contribution is 9.09. The maximum atomic E-state index is 12.1. The summed E-state index contributed by atoms with van der Waals surface area (Å²) in [5.41, 5.74) is 0.837. The standard InChI is InChI=1S/C16H21BrN2O5/c1-10(18-14(20)9-17)15(21)19-13(16(22)24-3)8-11-4-6-12(23-2)7-5-11/h4-7,10,13H,8-9H2,1-3H3,(H,18,20)(H,19,21)/t10-,13-/m0/s1. The molecule has 1 rings (SSSR count). The number of hydrogen-bond acceptors (Lipinski definition) is 5. The third-order valence-electron chi connectivity index (χ3n) is 3.29. The molecule has 0 heterocycles. The van der Waals surface area contributed by atoms with Gasteiger partial charge in [0.05, 0.1) is 19.5 Å². The lowest BCUT2D eigenvalue weighted by Gasteiger charge is -2.20. The Kier molecular flexibility index (Phi) is 8.25. The first-order valence-electron chi connectivity index (χ1n) is 7.27. The molecule has 7 nitrogen and oxygen atoms in total. The summed E-state index contributed by atoms with van der Waals surface area (Å²) in [6.07, 6.45) is 0.265. The second kappa shape index (κ2) is 9.92. The third kappa shape index (κ3) is 6.19. The summed E-state index contributed by atoms with van der Waals surface area (Å²) in [6.45, 7) is 1.54. The molecule has 2 atom stereocenters. The van der Waals surface area contributed by atoms with Gasteiger partial charge in [0.15, 0.2) is 0 Å². The minimum Gasteiger partial charge on any atom is -0.497 e. The molecule has 0 spiro atoms. The van der Waals surface area contributed by atoms with Gasteiger partial charge in [0.25, 0.3) is 0 Å². The molecule has 2 amide bonds. The number of nitrogens with one attached hydrogen (secondary N) is 2. The Hall–Kier alpha value is -2.09. The molecule has 0 aliphatic heterocycles. The fourth-order valence-corrected chi connectivity index (χ4v) is 2.14. The molecule has 0 aromatic heterocycles. The first-order chi connectivity index (χ1) is 11.4. The predicted molar refractivity (Wildman–Crippen MR) is 92.0 cm³/mol. The van der Waals surface area contributed by atoms with Gasteiger partial charge in [-0.3, -0.25) is 9.59 Å². The fraction of sp³-hybridized carbons (Fsp3) is 0.438. The number of amides is 2. The van der Waals surface area contributed by atoms with E-state index in [0.29, 0.717) is 5.75 Å². The Bertz CT molecular complexity index is 576. The van der Waals surface area contributed by atoms with Crippen LogP contribution >= 0.6 is 15.9 Å². The molecule has 0 aliphatic carbocycles. The number of alkyl halides is 1. The van der Waals surface area contributed by atoms with Gasteiger partial charge in [0, 0.05) is 6.42 Å². The van der Waals surface area contributed by atoms with Crippen molar-refractivity contribution in [1.29, 1.82) is 0 Å². The Morgan fingerprint density at radius 3 is 2.25 bits per heavy atom. The molecule has 0 unspecified atom stereocenters. The molecule has 132 valence electrons. The lowest BCUT2D eigenvalue weighted by Crippen LogP contribution is -2.51. The highest BCUT2D eigenvalue weighted by Crippen LogP contribution is 2.13. The number of hydrogen-bond donors (Lipinski definition) is 2. The van der Waals surface area contributed by atoms with Crippen LogP contribution in [-0.4, -0.2) is 49.4 Å². The molecular formula is C16H21BrN2O5. The smallest absolute Gasteiger partial charge is 0.328 e. The van der Waals surface area contributed by atoms with Crippen LogP contribution in [-0.2, 0) is 25.5 Å². The van der Waals surface area contributed by atoms with Crippen LogP contribution in [0.1, 0.15) is 12.5 Å². The van der Waals surface area contributed by atoms with E-state index in [2.05, 4.69) is 26.6 Å². The summed E-state index contributed by atoms with van der Waals surface area (Å²) in [5, 5.41) is 5.20. The van der Waals surface area contributed by atoms with Crippen LogP contribution < -0.4 is 15.4 Å². The second-order valence-corrected chi connectivity index (χ2v) is 5.62. The molecular weight excluding hydrogens is 380 g/mol. The van der Waals surface area contributed by atoms with Crippen molar-refractivity contribution in [3.8, 4) is 5.75 Å². The number of carbonyl (C=O) groups excluding carboxylic acids is 3. The van der Waals surface area contributed by atoms with E-state index < -0.39 is 24.0 Å². The molecule has 1 aromatic rings. The van der Waals surface area contributed by atoms with Gasteiger partial charge in [-0.1, -0.05) is 28.1 Å². The van der Waals surface area contributed by atoms with Crippen molar-refractivity contribution in [3.63, 3.8) is 0 Å². The van der Waals surface area contributed by atoms with E-state index in [0.717, 1.165) is 5.56 Å². The highest BCUT2D eigenvalue weighted by atomic mass is 79.9. The molecule has 1 aromatic carbocycles. The maximum absolute atomic E-state index is 12.1. The minimum atomic E-state index is -0.848. The van der Waals surface area contributed by atoms with Gasteiger partial charge in [-0.05, 0) is 24.6 Å². The van der Waals surface area contributed by atoms with E-state index in [4.69, 9.17) is 9.47 Å². The van der Waals surface area contributed by atoms with Crippen LogP contribution in [0.15, 0.2) is 24.3 Å². The number of methoxy groups -OCH3 is 2. The van der Waals surface area contributed by atoms with Gasteiger partial charge in [-0.25, -0.2) is 4.79 Å². The van der Waals surface area contributed by atoms with Gasteiger partial charge in [-0.2, -0.15) is 0 Å². The van der Waals surface area contributed by atoms with Gasteiger partial charge in [0.1, 0.15) is 17.8 Å². The Labute approximate surface area is 149 Å². The minimum absolute atomic E-state index is 0.0941. The number of esters is 1. The van der Waals surface area contributed by atoms with Crippen LogP contribution in [0, 0.1) is 0 Å². The molecule has 0 aliphatic rings. The molecule has 0 bridgehead atoms. The third-order valence-corrected chi connectivity index (χ3v) is 3.80.